The third-order valence-electron chi connectivity index (χ3n) is 4.67. The molecular weight excluding hydrogens is 362 g/mol. The Morgan fingerprint density at radius 2 is 1.41 bits per heavy atom. The largest absolute Gasteiger partial charge is 0.463 e. The number of rotatable bonds is 5. The van der Waals surface area contributed by atoms with E-state index in [0.717, 1.165) is 11.1 Å². The first-order valence-corrected chi connectivity index (χ1v) is 9.31. The molecule has 1 amide bonds. The predicted octanol–water partition coefficient (Wildman–Crippen LogP) is 4.71. The molecule has 1 heterocycles. The third kappa shape index (κ3) is 4.17. The molecule has 0 aliphatic rings. The Bertz CT molecular complexity index is 1170. The standard InChI is InChI=1S/C25H19NO3/c27-23(16-15-20-17-29-22-14-8-7-13-21(22)25(20)28)26-24(18-9-3-1-4-10-18)19-11-5-2-6-12-19/h1-17,24H,(H,26,27)/b16-15+. The predicted molar refractivity (Wildman–Crippen MR) is 114 cm³/mol. The van der Waals surface area contributed by atoms with Gasteiger partial charge in [-0.2, -0.15) is 0 Å². The molecule has 0 saturated carbocycles. The lowest BCUT2D eigenvalue weighted by Crippen LogP contribution is -2.27. The number of hydrogen-bond acceptors (Lipinski definition) is 3. The molecule has 0 fully saturated rings. The third-order valence-corrected chi connectivity index (χ3v) is 4.67. The van der Waals surface area contributed by atoms with Crippen molar-refractivity contribution in [3.8, 4) is 0 Å². The summed E-state index contributed by atoms with van der Waals surface area (Å²) in [6, 6.07) is 26.3. The van der Waals surface area contributed by atoms with Crippen molar-refractivity contribution in [3.63, 3.8) is 0 Å². The SMILES string of the molecule is O=C(/C=C/c1coc2ccccc2c1=O)NC(c1ccccc1)c1ccccc1. The molecule has 142 valence electrons. The highest BCUT2D eigenvalue weighted by Gasteiger charge is 2.15. The van der Waals surface area contributed by atoms with Gasteiger partial charge in [0.1, 0.15) is 11.8 Å². The molecule has 0 spiro atoms. The van der Waals surface area contributed by atoms with Gasteiger partial charge in [-0.1, -0.05) is 72.8 Å². The fourth-order valence-electron chi connectivity index (χ4n) is 3.21. The van der Waals surface area contributed by atoms with Crippen molar-refractivity contribution in [3.05, 3.63) is 124 Å². The lowest BCUT2D eigenvalue weighted by atomic mass is 9.98. The van der Waals surface area contributed by atoms with Crippen LogP contribution < -0.4 is 10.7 Å². The molecule has 0 unspecified atom stereocenters. The van der Waals surface area contributed by atoms with Gasteiger partial charge in [0, 0.05) is 6.08 Å². The summed E-state index contributed by atoms with van der Waals surface area (Å²) in [5, 5.41) is 3.51. The quantitative estimate of drug-likeness (QED) is 0.509. The van der Waals surface area contributed by atoms with Crippen LogP contribution in [0.5, 0.6) is 0 Å². The van der Waals surface area contributed by atoms with Gasteiger partial charge in [-0.15, -0.1) is 0 Å². The van der Waals surface area contributed by atoms with E-state index >= 15 is 0 Å². The van der Waals surface area contributed by atoms with Crippen LogP contribution >= 0.6 is 0 Å². The molecule has 4 nitrogen and oxygen atoms in total. The second-order valence-corrected chi connectivity index (χ2v) is 6.61. The topological polar surface area (TPSA) is 59.3 Å². The van der Waals surface area contributed by atoms with Crippen LogP contribution in [0, 0.1) is 0 Å². The zero-order chi connectivity index (χ0) is 20.1. The molecule has 0 bridgehead atoms. The molecule has 3 aromatic carbocycles. The second-order valence-electron chi connectivity index (χ2n) is 6.61. The first-order valence-electron chi connectivity index (χ1n) is 9.31. The number of benzene rings is 3. The summed E-state index contributed by atoms with van der Waals surface area (Å²) in [5.41, 5.74) is 2.64. The van der Waals surface area contributed by atoms with E-state index in [-0.39, 0.29) is 17.4 Å². The van der Waals surface area contributed by atoms with E-state index in [1.54, 1.807) is 18.2 Å². The lowest BCUT2D eigenvalue weighted by molar-refractivity contribution is -0.116. The molecule has 0 aliphatic heterocycles. The molecule has 4 heteroatoms. The Kier molecular flexibility index (Phi) is 5.34. The monoisotopic (exact) mass is 381 g/mol. The Morgan fingerprint density at radius 1 is 0.828 bits per heavy atom. The number of amides is 1. The highest BCUT2D eigenvalue weighted by atomic mass is 16.3. The van der Waals surface area contributed by atoms with Crippen LogP contribution in [0.3, 0.4) is 0 Å². The number of carbonyl (C=O) groups excluding carboxylic acids is 1. The fourth-order valence-corrected chi connectivity index (χ4v) is 3.21. The molecule has 1 aromatic heterocycles. The average molecular weight is 381 g/mol. The first kappa shape index (κ1) is 18.4. The van der Waals surface area contributed by atoms with Gasteiger partial charge in [0.25, 0.3) is 0 Å². The number of fused-ring (bicyclic) bond motifs is 1. The molecule has 0 saturated heterocycles. The summed E-state index contributed by atoms with van der Waals surface area (Å²) in [4.78, 5) is 25.2. The van der Waals surface area contributed by atoms with Crippen molar-refractivity contribution in [1.82, 2.24) is 5.32 Å². The number of nitrogens with one attached hydrogen (secondary N) is 1. The van der Waals surface area contributed by atoms with Crippen molar-refractivity contribution in [2.24, 2.45) is 0 Å². The summed E-state index contributed by atoms with van der Waals surface area (Å²) >= 11 is 0. The minimum atomic E-state index is -0.296. The molecule has 1 N–H and O–H groups in total. The highest BCUT2D eigenvalue weighted by Crippen LogP contribution is 2.21. The van der Waals surface area contributed by atoms with E-state index in [1.807, 2.05) is 66.7 Å². The molecule has 0 atom stereocenters. The van der Waals surface area contributed by atoms with Crippen molar-refractivity contribution >= 4 is 23.0 Å². The van der Waals surface area contributed by atoms with Gasteiger partial charge in [0.05, 0.1) is 17.0 Å². The number of hydrogen-bond donors (Lipinski definition) is 1. The van der Waals surface area contributed by atoms with Gasteiger partial charge >= 0.3 is 0 Å². The summed E-state index contributed by atoms with van der Waals surface area (Å²) in [5.74, 6) is -0.296. The van der Waals surface area contributed by atoms with Crippen LogP contribution in [0.2, 0.25) is 0 Å². The Balaban J connectivity index is 1.59. The van der Waals surface area contributed by atoms with Crippen LogP contribution in [0.25, 0.3) is 17.0 Å². The summed E-state index contributed by atoms with van der Waals surface area (Å²) in [6.45, 7) is 0. The Morgan fingerprint density at radius 3 is 2.07 bits per heavy atom. The lowest BCUT2D eigenvalue weighted by Gasteiger charge is -2.19. The second kappa shape index (κ2) is 8.40. The zero-order valence-corrected chi connectivity index (χ0v) is 15.6. The van der Waals surface area contributed by atoms with Crippen LogP contribution in [0.1, 0.15) is 22.7 Å². The van der Waals surface area contributed by atoms with Gasteiger partial charge in [-0.3, -0.25) is 9.59 Å². The zero-order valence-electron chi connectivity index (χ0n) is 15.6. The fraction of sp³-hybridized carbons (Fsp3) is 0.0400. The van der Waals surface area contributed by atoms with E-state index in [2.05, 4.69) is 5.32 Å². The normalized spacial score (nSPS) is 11.2. The van der Waals surface area contributed by atoms with E-state index in [0.29, 0.717) is 16.5 Å². The Hall–Kier alpha value is -3.92. The highest BCUT2D eigenvalue weighted by molar-refractivity contribution is 5.92. The van der Waals surface area contributed by atoms with Gasteiger partial charge in [-0.25, -0.2) is 0 Å². The van der Waals surface area contributed by atoms with E-state index in [1.165, 1.54) is 18.4 Å². The van der Waals surface area contributed by atoms with Crippen molar-refractivity contribution < 1.29 is 9.21 Å². The van der Waals surface area contributed by atoms with E-state index in [9.17, 15) is 9.59 Å². The van der Waals surface area contributed by atoms with Gasteiger partial charge in [-0.05, 0) is 29.3 Å². The minimum Gasteiger partial charge on any atom is -0.463 e. The van der Waals surface area contributed by atoms with Gasteiger partial charge in [0.15, 0.2) is 5.43 Å². The molecule has 4 aromatic rings. The average Bonchev–Trinajstić information content (AvgIpc) is 2.78. The molecule has 0 aliphatic carbocycles. The van der Waals surface area contributed by atoms with Crippen LogP contribution in [0.15, 0.2) is 106 Å². The van der Waals surface area contributed by atoms with E-state index < -0.39 is 0 Å². The van der Waals surface area contributed by atoms with Crippen molar-refractivity contribution in [1.29, 1.82) is 0 Å². The van der Waals surface area contributed by atoms with E-state index in [4.69, 9.17) is 4.42 Å². The smallest absolute Gasteiger partial charge is 0.244 e. The van der Waals surface area contributed by atoms with Crippen molar-refractivity contribution in [2.75, 3.05) is 0 Å². The molecule has 4 rings (SSSR count). The van der Waals surface area contributed by atoms with Crippen LogP contribution in [-0.4, -0.2) is 5.91 Å². The maximum absolute atomic E-state index is 12.6. The maximum Gasteiger partial charge on any atom is 0.244 e. The Labute approximate surface area is 168 Å². The number of carbonyl (C=O) groups is 1. The van der Waals surface area contributed by atoms with Gasteiger partial charge in [0.2, 0.25) is 5.91 Å². The number of para-hydroxylation sites is 1. The summed E-state index contributed by atoms with van der Waals surface area (Å²) in [7, 11) is 0. The first-order chi connectivity index (χ1) is 14.2. The minimum absolute atomic E-state index is 0.168. The molecular formula is C25H19NO3. The molecule has 29 heavy (non-hydrogen) atoms. The van der Waals surface area contributed by atoms with Gasteiger partial charge < -0.3 is 9.73 Å². The maximum atomic E-state index is 12.6. The summed E-state index contributed by atoms with van der Waals surface area (Å²) < 4.78 is 5.49. The molecule has 0 radical (unpaired) electrons. The summed E-state index contributed by atoms with van der Waals surface area (Å²) in [6.07, 6.45) is 4.22. The van der Waals surface area contributed by atoms with Crippen LogP contribution in [0.4, 0.5) is 0 Å². The van der Waals surface area contributed by atoms with Crippen molar-refractivity contribution in [2.45, 2.75) is 6.04 Å². The van der Waals surface area contributed by atoms with Crippen LogP contribution in [-0.2, 0) is 4.79 Å².